The summed E-state index contributed by atoms with van der Waals surface area (Å²) in [4.78, 5) is 39.5. The fraction of sp³-hybridized carbons (Fsp3) is 0.0357. The van der Waals surface area contributed by atoms with Gasteiger partial charge in [0.2, 0.25) is 0 Å². The number of phenols is 1. The van der Waals surface area contributed by atoms with Crippen LogP contribution in [-0.2, 0) is 16.2 Å². The lowest BCUT2D eigenvalue weighted by Crippen LogP contribution is -2.54. The van der Waals surface area contributed by atoms with Crippen LogP contribution in [-0.4, -0.2) is 23.0 Å². The maximum Gasteiger partial charge on any atom is 0.335 e. The van der Waals surface area contributed by atoms with Crippen molar-refractivity contribution in [2.75, 3.05) is 4.90 Å². The maximum absolute atomic E-state index is 13.4. The summed E-state index contributed by atoms with van der Waals surface area (Å²) in [6.07, 6.45) is 1.44. The van der Waals surface area contributed by atoms with Gasteiger partial charge in [0.05, 0.1) is 5.69 Å². The van der Waals surface area contributed by atoms with Crippen LogP contribution in [0.1, 0.15) is 11.1 Å². The van der Waals surface area contributed by atoms with Gasteiger partial charge in [-0.15, -0.1) is 0 Å². The highest BCUT2D eigenvalue weighted by Gasteiger charge is 2.37. The molecule has 5 rings (SSSR count). The van der Waals surface area contributed by atoms with E-state index in [0.717, 1.165) is 21.2 Å². The van der Waals surface area contributed by atoms with Crippen LogP contribution in [0, 0.1) is 0 Å². The highest BCUT2D eigenvalue weighted by atomic mass is 35.5. The molecule has 0 aliphatic carbocycles. The van der Waals surface area contributed by atoms with Crippen molar-refractivity contribution < 1.29 is 24.2 Å². The third-order valence-electron chi connectivity index (χ3n) is 5.71. The Balaban J connectivity index is 1.58. The van der Waals surface area contributed by atoms with Crippen molar-refractivity contribution in [1.29, 1.82) is 0 Å². The zero-order valence-corrected chi connectivity index (χ0v) is 19.5. The van der Waals surface area contributed by atoms with Gasteiger partial charge in [-0.2, -0.15) is 0 Å². The molecule has 0 spiro atoms. The Bertz CT molecular complexity index is 1550. The Labute approximate surface area is 211 Å². The van der Waals surface area contributed by atoms with E-state index in [1.54, 1.807) is 18.2 Å². The van der Waals surface area contributed by atoms with Gasteiger partial charge in [0.1, 0.15) is 23.7 Å². The number of imide groups is 2. The van der Waals surface area contributed by atoms with E-state index in [9.17, 15) is 19.5 Å². The second-order valence-corrected chi connectivity index (χ2v) is 8.53. The number of anilines is 1. The van der Waals surface area contributed by atoms with E-state index in [1.165, 1.54) is 30.3 Å². The molecule has 4 aromatic rings. The molecule has 4 aromatic carbocycles. The standard InChI is InChI=1S/C28H19ClN2O5/c29-19-6-3-4-17(14-19)16-36-25-13-8-18-5-1-2-7-22(18)23(25)15-24-26(33)30-28(35)31(27(24)34)20-9-11-21(32)12-10-20/h1-15,32H,16H2,(H,30,33,35)/b24-15+. The highest BCUT2D eigenvalue weighted by molar-refractivity contribution is 6.39. The van der Waals surface area contributed by atoms with Crippen LogP contribution in [0.5, 0.6) is 11.5 Å². The molecule has 1 saturated heterocycles. The Hall–Kier alpha value is -4.62. The van der Waals surface area contributed by atoms with Gasteiger partial charge in [-0.25, -0.2) is 9.69 Å². The van der Waals surface area contributed by atoms with Gasteiger partial charge >= 0.3 is 6.03 Å². The smallest absolute Gasteiger partial charge is 0.335 e. The van der Waals surface area contributed by atoms with Crippen LogP contribution in [0.15, 0.2) is 90.5 Å². The van der Waals surface area contributed by atoms with E-state index in [-0.39, 0.29) is 23.6 Å². The van der Waals surface area contributed by atoms with E-state index in [1.807, 2.05) is 42.5 Å². The molecule has 4 amide bonds. The number of hydrogen-bond acceptors (Lipinski definition) is 5. The molecule has 1 heterocycles. The van der Waals surface area contributed by atoms with Crippen molar-refractivity contribution in [1.82, 2.24) is 5.32 Å². The molecular formula is C28H19ClN2O5. The second kappa shape index (κ2) is 9.56. The summed E-state index contributed by atoms with van der Waals surface area (Å²) in [5.41, 5.74) is 1.36. The summed E-state index contributed by atoms with van der Waals surface area (Å²) >= 11 is 6.09. The molecule has 1 aliphatic heterocycles. The number of barbiturate groups is 1. The first-order chi connectivity index (χ1) is 17.4. The average molecular weight is 499 g/mol. The molecule has 0 radical (unpaired) electrons. The zero-order valence-electron chi connectivity index (χ0n) is 18.8. The number of carbonyl (C=O) groups excluding carboxylic acids is 3. The molecular weight excluding hydrogens is 480 g/mol. The normalized spacial score (nSPS) is 14.9. The van der Waals surface area contributed by atoms with Gasteiger partial charge in [0.25, 0.3) is 11.8 Å². The number of benzene rings is 4. The molecule has 7 nitrogen and oxygen atoms in total. The predicted octanol–water partition coefficient (Wildman–Crippen LogP) is 5.44. The van der Waals surface area contributed by atoms with Crippen molar-refractivity contribution in [2.24, 2.45) is 0 Å². The Morgan fingerprint density at radius 2 is 1.69 bits per heavy atom. The quantitative estimate of drug-likeness (QED) is 0.282. The summed E-state index contributed by atoms with van der Waals surface area (Å²) in [7, 11) is 0. The largest absolute Gasteiger partial charge is 0.508 e. The van der Waals surface area contributed by atoms with E-state index in [2.05, 4.69) is 5.32 Å². The summed E-state index contributed by atoms with van der Waals surface area (Å²) in [6, 6.07) is 23.1. The molecule has 0 atom stereocenters. The minimum atomic E-state index is -0.872. The number of hydrogen-bond donors (Lipinski definition) is 2. The Morgan fingerprint density at radius 3 is 2.47 bits per heavy atom. The van der Waals surface area contributed by atoms with Gasteiger partial charge in [0, 0.05) is 10.6 Å². The van der Waals surface area contributed by atoms with Crippen molar-refractivity contribution in [3.8, 4) is 11.5 Å². The van der Waals surface area contributed by atoms with Crippen molar-refractivity contribution in [3.63, 3.8) is 0 Å². The molecule has 1 aliphatic rings. The third kappa shape index (κ3) is 4.52. The Morgan fingerprint density at radius 1 is 0.917 bits per heavy atom. The van der Waals surface area contributed by atoms with Crippen LogP contribution in [0.2, 0.25) is 5.02 Å². The number of amides is 4. The van der Waals surface area contributed by atoms with E-state index >= 15 is 0 Å². The highest BCUT2D eigenvalue weighted by Crippen LogP contribution is 2.32. The average Bonchev–Trinajstić information content (AvgIpc) is 2.86. The lowest BCUT2D eigenvalue weighted by molar-refractivity contribution is -0.122. The molecule has 1 fully saturated rings. The Kier molecular flexibility index (Phi) is 6.14. The second-order valence-electron chi connectivity index (χ2n) is 8.09. The summed E-state index contributed by atoms with van der Waals surface area (Å²) in [5.74, 6) is -1.17. The minimum absolute atomic E-state index is 0.0206. The van der Waals surface area contributed by atoms with Gasteiger partial charge < -0.3 is 9.84 Å². The SMILES string of the molecule is O=C1NC(=O)N(c2ccc(O)cc2)C(=O)/C1=C/c1c(OCc2cccc(Cl)c2)ccc2ccccc12. The van der Waals surface area contributed by atoms with Gasteiger partial charge in [-0.05, 0) is 64.9 Å². The van der Waals surface area contributed by atoms with Gasteiger partial charge in [-0.1, -0.05) is 54.1 Å². The van der Waals surface area contributed by atoms with E-state index in [0.29, 0.717) is 16.3 Å². The zero-order chi connectivity index (χ0) is 25.2. The van der Waals surface area contributed by atoms with Crippen LogP contribution in [0.25, 0.3) is 16.8 Å². The monoisotopic (exact) mass is 498 g/mol. The number of carbonyl (C=O) groups is 3. The fourth-order valence-corrected chi connectivity index (χ4v) is 4.19. The number of nitrogens with one attached hydrogen (secondary N) is 1. The molecule has 36 heavy (non-hydrogen) atoms. The number of ether oxygens (including phenoxy) is 1. The molecule has 0 unspecified atom stereocenters. The van der Waals surface area contributed by atoms with Crippen molar-refractivity contribution in [3.05, 3.63) is 107 Å². The summed E-state index contributed by atoms with van der Waals surface area (Å²) in [6.45, 7) is 0.216. The van der Waals surface area contributed by atoms with Crippen LogP contribution in [0.3, 0.4) is 0 Å². The van der Waals surface area contributed by atoms with Crippen LogP contribution < -0.4 is 15.0 Å². The number of urea groups is 1. The number of halogens is 1. The number of aromatic hydroxyl groups is 1. The minimum Gasteiger partial charge on any atom is -0.508 e. The van der Waals surface area contributed by atoms with Crippen LogP contribution >= 0.6 is 11.6 Å². The first-order valence-electron chi connectivity index (χ1n) is 11.0. The number of rotatable bonds is 5. The summed E-state index contributed by atoms with van der Waals surface area (Å²) < 4.78 is 6.09. The molecule has 178 valence electrons. The van der Waals surface area contributed by atoms with E-state index < -0.39 is 17.8 Å². The fourth-order valence-electron chi connectivity index (χ4n) is 3.98. The lowest BCUT2D eigenvalue weighted by atomic mass is 9.99. The van der Waals surface area contributed by atoms with Crippen LogP contribution in [0.4, 0.5) is 10.5 Å². The molecule has 0 bridgehead atoms. The number of fused-ring (bicyclic) bond motifs is 1. The summed E-state index contributed by atoms with van der Waals surface area (Å²) in [5, 5.41) is 14.0. The molecule has 0 saturated carbocycles. The first-order valence-corrected chi connectivity index (χ1v) is 11.4. The van der Waals surface area contributed by atoms with Crippen molar-refractivity contribution in [2.45, 2.75) is 6.61 Å². The third-order valence-corrected chi connectivity index (χ3v) is 5.95. The predicted molar refractivity (Wildman–Crippen MR) is 137 cm³/mol. The number of nitrogens with zero attached hydrogens (tertiary/aromatic N) is 1. The van der Waals surface area contributed by atoms with Gasteiger partial charge in [-0.3, -0.25) is 14.9 Å². The number of phenolic OH excluding ortho intramolecular Hbond substituents is 1. The van der Waals surface area contributed by atoms with E-state index in [4.69, 9.17) is 16.3 Å². The maximum atomic E-state index is 13.4. The lowest BCUT2D eigenvalue weighted by Gasteiger charge is -2.26. The topological polar surface area (TPSA) is 95.9 Å². The molecule has 2 N–H and O–H groups in total. The molecule has 8 heteroatoms. The molecule has 0 aromatic heterocycles. The van der Waals surface area contributed by atoms with Gasteiger partial charge in [0.15, 0.2) is 0 Å². The first kappa shape index (κ1) is 23.1. The van der Waals surface area contributed by atoms with Crippen molar-refractivity contribution >= 4 is 52.0 Å².